The van der Waals surface area contributed by atoms with Gasteiger partial charge in [0, 0.05) is 12.4 Å². The minimum absolute atomic E-state index is 0.231. The number of imidazole rings is 1. The molecule has 2 rings (SSSR count). The number of fused-ring (bicyclic) bond motifs is 1. The lowest BCUT2D eigenvalue weighted by atomic mass is 10.2. The molecule has 3 nitrogen and oxygen atoms in total. The van der Waals surface area contributed by atoms with Gasteiger partial charge in [-0.15, -0.1) is 0 Å². The minimum Gasteiger partial charge on any atom is -0.504 e. The second-order valence-corrected chi connectivity index (χ2v) is 3.44. The molecule has 2 aromatic rings. The van der Waals surface area contributed by atoms with E-state index in [0.717, 1.165) is 5.69 Å². The zero-order valence-electron chi connectivity index (χ0n) is 7.73. The summed E-state index contributed by atoms with van der Waals surface area (Å²) < 4.78 is 1.84. The van der Waals surface area contributed by atoms with E-state index in [1.54, 1.807) is 12.1 Å². The molecule has 0 aliphatic rings. The molecule has 0 bridgehead atoms. The molecule has 0 amide bonds. The molecule has 0 aliphatic heterocycles. The number of hydrogen-bond donors (Lipinski definition) is 1. The fraction of sp³-hybridized carbons (Fsp3) is 0.300. The van der Waals surface area contributed by atoms with Crippen LogP contribution in [0.2, 0.25) is 0 Å². The summed E-state index contributed by atoms with van der Waals surface area (Å²) in [5.41, 5.74) is 1.63. The van der Waals surface area contributed by atoms with Gasteiger partial charge < -0.3 is 9.51 Å². The van der Waals surface area contributed by atoms with E-state index in [4.69, 9.17) is 0 Å². The van der Waals surface area contributed by atoms with E-state index in [-0.39, 0.29) is 5.75 Å². The molecule has 1 N–H and O–H groups in total. The highest BCUT2D eigenvalue weighted by atomic mass is 16.3. The fourth-order valence-corrected chi connectivity index (χ4v) is 1.30. The van der Waals surface area contributed by atoms with E-state index < -0.39 is 0 Å². The van der Waals surface area contributed by atoms with Crippen LogP contribution in [-0.4, -0.2) is 14.5 Å². The smallest absolute Gasteiger partial charge is 0.179 e. The van der Waals surface area contributed by atoms with Crippen molar-refractivity contribution in [3.05, 3.63) is 30.2 Å². The molecule has 0 radical (unpaired) electrons. The maximum Gasteiger partial charge on any atom is 0.179 e. The number of rotatable bonds is 1. The zero-order chi connectivity index (χ0) is 9.42. The molecule has 0 saturated carbocycles. The average molecular weight is 176 g/mol. The van der Waals surface area contributed by atoms with Gasteiger partial charge in [-0.2, -0.15) is 0 Å². The first-order valence-electron chi connectivity index (χ1n) is 4.35. The second kappa shape index (κ2) is 2.76. The summed E-state index contributed by atoms with van der Waals surface area (Å²) in [6.07, 6.45) is 3.83. The van der Waals surface area contributed by atoms with Crippen molar-refractivity contribution in [3.63, 3.8) is 0 Å². The number of pyridine rings is 1. The maximum atomic E-state index is 9.48. The average Bonchev–Trinajstić information content (AvgIpc) is 2.49. The van der Waals surface area contributed by atoms with Gasteiger partial charge in [0.15, 0.2) is 11.4 Å². The van der Waals surface area contributed by atoms with Crippen LogP contribution >= 0.6 is 0 Å². The summed E-state index contributed by atoms with van der Waals surface area (Å²) in [5.74, 6) is 0.619. The van der Waals surface area contributed by atoms with Crippen LogP contribution < -0.4 is 0 Å². The van der Waals surface area contributed by atoms with Crippen molar-refractivity contribution in [3.8, 4) is 5.75 Å². The van der Waals surface area contributed by atoms with E-state index in [0.29, 0.717) is 11.6 Å². The molecule has 2 aromatic heterocycles. The Bertz CT molecular complexity index is 431. The first-order valence-corrected chi connectivity index (χ1v) is 4.35. The molecule has 0 atom stereocenters. The lowest BCUT2D eigenvalue weighted by molar-refractivity contribution is 0.477. The van der Waals surface area contributed by atoms with Crippen molar-refractivity contribution in [2.75, 3.05) is 0 Å². The number of aromatic hydroxyl groups is 1. The van der Waals surface area contributed by atoms with Gasteiger partial charge in [0.1, 0.15) is 0 Å². The second-order valence-electron chi connectivity index (χ2n) is 3.44. The third-order valence-electron chi connectivity index (χ3n) is 2.07. The largest absolute Gasteiger partial charge is 0.504 e. The first kappa shape index (κ1) is 8.10. The summed E-state index contributed by atoms with van der Waals surface area (Å²) in [6, 6.07) is 3.44. The first-order chi connectivity index (χ1) is 6.18. The highest BCUT2D eigenvalue weighted by Gasteiger charge is 2.07. The lowest BCUT2D eigenvalue weighted by Gasteiger charge is -1.94. The van der Waals surface area contributed by atoms with Gasteiger partial charge in [-0.1, -0.05) is 13.8 Å². The van der Waals surface area contributed by atoms with E-state index in [1.165, 1.54) is 0 Å². The van der Waals surface area contributed by atoms with Crippen molar-refractivity contribution in [1.82, 2.24) is 9.38 Å². The summed E-state index contributed by atoms with van der Waals surface area (Å²) in [4.78, 5) is 4.32. The Morgan fingerprint density at radius 1 is 1.46 bits per heavy atom. The molecule has 0 aliphatic carbocycles. The van der Waals surface area contributed by atoms with Gasteiger partial charge >= 0.3 is 0 Å². The topological polar surface area (TPSA) is 37.5 Å². The highest BCUT2D eigenvalue weighted by molar-refractivity contribution is 5.53. The zero-order valence-corrected chi connectivity index (χ0v) is 7.73. The Morgan fingerprint density at radius 3 is 2.85 bits per heavy atom. The SMILES string of the molecule is CC(C)c1cn2cccc(O)c2n1. The summed E-state index contributed by atoms with van der Waals surface area (Å²) in [7, 11) is 0. The monoisotopic (exact) mass is 176 g/mol. The predicted molar refractivity (Wildman–Crippen MR) is 50.9 cm³/mol. The van der Waals surface area contributed by atoms with Crippen LogP contribution in [0, 0.1) is 0 Å². The van der Waals surface area contributed by atoms with Crippen LogP contribution in [0.15, 0.2) is 24.5 Å². The molecule has 0 fully saturated rings. The summed E-state index contributed by atoms with van der Waals surface area (Å²) in [5, 5.41) is 9.48. The Labute approximate surface area is 76.7 Å². The molecule has 3 heteroatoms. The number of nitrogens with zero attached hydrogens (tertiary/aromatic N) is 2. The van der Waals surface area contributed by atoms with E-state index >= 15 is 0 Å². The molecular weight excluding hydrogens is 164 g/mol. The van der Waals surface area contributed by atoms with Crippen LogP contribution in [0.3, 0.4) is 0 Å². The van der Waals surface area contributed by atoms with Crippen LogP contribution in [-0.2, 0) is 0 Å². The Hall–Kier alpha value is -1.51. The van der Waals surface area contributed by atoms with Gasteiger partial charge in [0.25, 0.3) is 0 Å². The molecule has 13 heavy (non-hydrogen) atoms. The van der Waals surface area contributed by atoms with Gasteiger partial charge in [0.2, 0.25) is 0 Å². The molecule has 0 unspecified atom stereocenters. The van der Waals surface area contributed by atoms with Crippen molar-refractivity contribution >= 4 is 5.65 Å². The third kappa shape index (κ3) is 1.26. The number of aromatic nitrogens is 2. The van der Waals surface area contributed by atoms with Crippen LogP contribution in [0.4, 0.5) is 0 Å². The lowest BCUT2D eigenvalue weighted by Crippen LogP contribution is -1.84. The van der Waals surface area contributed by atoms with Crippen molar-refractivity contribution in [2.24, 2.45) is 0 Å². The molecule has 2 heterocycles. The fourth-order valence-electron chi connectivity index (χ4n) is 1.30. The van der Waals surface area contributed by atoms with Crippen LogP contribution in [0.25, 0.3) is 5.65 Å². The standard InChI is InChI=1S/C10H12N2O/c1-7(2)8-6-12-5-3-4-9(13)10(12)11-8/h3-7,13H,1-2H3. The van der Waals surface area contributed by atoms with Crippen molar-refractivity contribution < 1.29 is 5.11 Å². The summed E-state index contributed by atoms with van der Waals surface area (Å²) in [6.45, 7) is 4.16. The van der Waals surface area contributed by atoms with Crippen LogP contribution in [0.5, 0.6) is 5.75 Å². The third-order valence-corrected chi connectivity index (χ3v) is 2.07. The molecule has 0 saturated heterocycles. The van der Waals surface area contributed by atoms with Crippen LogP contribution in [0.1, 0.15) is 25.5 Å². The Balaban J connectivity index is 2.68. The Kier molecular flexibility index (Phi) is 1.72. The van der Waals surface area contributed by atoms with E-state index in [2.05, 4.69) is 18.8 Å². The molecule has 68 valence electrons. The van der Waals surface area contributed by atoms with Gasteiger partial charge in [-0.05, 0) is 18.1 Å². The molecule has 0 spiro atoms. The van der Waals surface area contributed by atoms with Crippen molar-refractivity contribution in [2.45, 2.75) is 19.8 Å². The maximum absolute atomic E-state index is 9.48. The highest BCUT2D eigenvalue weighted by Crippen LogP contribution is 2.20. The normalized spacial score (nSPS) is 11.3. The van der Waals surface area contributed by atoms with Crippen molar-refractivity contribution in [1.29, 1.82) is 0 Å². The van der Waals surface area contributed by atoms with Gasteiger partial charge in [0.05, 0.1) is 5.69 Å². The predicted octanol–water partition coefficient (Wildman–Crippen LogP) is 2.16. The van der Waals surface area contributed by atoms with E-state index in [9.17, 15) is 5.11 Å². The van der Waals surface area contributed by atoms with E-state index in [1.807, 2.05) is 16.8 Å². The van der Waals surface area contributed by atoms with Gasteiger partial charge in [-0.3, -0.25) is 0 Å². The minimum atomic E-state index is 0.231. The number of hydrogen-bond acceptors (Lipinski definition) is 2. The molecular formula is C10H12N2O. The Morgan fingerprint density at radius 2 is 2.23 bits per heavy atom. The summed E-state index contributed by atoms with van der Waals surface area (Å²) >= 11 is 0. The quantitative estimate of drug-likeness (QED) is 0.723. The van der Waals surface area contributed by atoms with Gasteiger partial charge in [-0.25, -0.2) is 4.98 Å². The molecule has 0 aromatic carbocycles.